The molecule has 0 radical (unpaired) electrons. The summed E-state index contributed by atoms with van der Waals surface area (Å²) in [6.07, 6.45) is 2.21. The summed E-state index contributed by atoms with van der Waals surface area (Å²) in [7, 11) is 0. The molecular weight excluding hydrogens is 260 g/mol. The molecule has 2 rings (SSSR count). The first-order valence-corrected chi connectivity index (χ1v) is 7.76. The third kappa shape index (κ3) is 2.82. The van der Waals surface area contributed by atoms with Gasteiger partial charge in [-0.15, -0.1) is 11.3 Å². The maximum Gasteiger partial charge on any atom is 0.309 e. The van der Waals surface area contributed by atoms with E-state index in [-0.39, 0.29) is 6.04 Å². The Bertz CT molecular complexity index is 450. The number of carboxylic acids is 1. The van der Waals surface area contributed by atoms with Gasteiger partial charge in [0.15, 0.2) is 0 Å². The first-order chi connectivity index (χ1) is 8.98. The van der Waals surface area contributed by atoms with Gasteiger partial charge in [-0.25, -0.2) is 4.98 Å². The Kier molecular flexibility index (Phi) is 4.26. The van der Waals surface area contributed by atoms with Crippen molar-refractivity contribution in [1.82, 2.24) is 9.88 Å². The van der Waals surface area contributed by atoms with Crippen LogP contribution in [-0.4, -0.2) is 34.0 Å². The molecule has 1 atom stereocenters. The number of aromatic nitrogens is 1. The van der Waals surface area contributed by atoms with Crippen LogP contribution in [0.3, 0.4) is 0 Å². The molecule has 0 bridgehead atoms. The van der Waals surface area contributed by atoms with Gasteiger partial charge in [-0.2, -0.15) is 0 Å². The van der Waals surface area contributed by atoms with Crippen molar-refractivity contribution in [3.05, 3.63) is 16.1 Å². The number of aryl methyl sites for hydroxylation is 1. The van der Waals surface area contributed by atoms with Crippen molar-refractivity contribution < 1.29 is 9.90 Å². The third-order valence-electron chi connectivity index (χ3n) is 4.50. The maximum absolute atomic E-state index is 11.4. The summed E-state index contributed by atoms with van der Waals surface area (Å²) in [4.78, 5) is 18.3. The average molecular weight is 282 g/mol. The van der Waals surface area contributed by atoms with Crippen LogP contribution in [0.2, 0.25) is 0 Å². The fourth-order valence-corrected chi connectivity index (χ4v) is 3.52. The standard InChI is InChI=1S/C14H22N2O2S/c1-4-14(13(17)18)5-7-16(8-6-14)10(2)12-9-19-11(3)15-12/h9-10H,4-8H2,1-3H3,(H,17,18). The van der Waals surface area contributed by atoms with Crippen molar-refractivity contribution in [2.45, 2.75) is 46.1 Å². The van der Waals surface area contributed by atoms with E-state index < -0.39 is 11.4 Å². The number of thiazole rings is 1. The number of carboxylic acid groups (broad SMARTS) is 1. The minimum Gasteiger partial charge on any atom is -0.481 e. The van der Waals surface area contributed by atoms with Gasteiger partial charge < -0.3 is 5.11 Å². The highest BCUT2D eigenvalue weighted by Gasteiger charge is 2.40. The summed E-state index contributed by atoms with van der Waals surface area (Å²) in [5.74, 6) is -0.633. The van der Waals surface area contributed by atoms with E-state index in [1.807, 2.05) is 13.8 Å². The lowest BCUT2D eigenvalue weighted by atomic mass is 9.76. The Morgan fingerprint density at radius 2 is 2.21 bits per heavy atom. The Morgan fingerprint density at radius 3 is 2.63 bits per heavy atom. The van der Waals surface area contributed by atoms with E-state index >= 15 is 0 Å². The number of piperidine rings is 1. The van der Waals surface area contributed by atoms with E-state index in [9.17, 15) is 9.90 Å². The summed E-state index contributed by atoms with van der Waals surface area (Å²) < 4.78 is 0. The maximum atomic E-state index is 11.4. The van der Waals surface area contributed by atoms with Crippen LogP contribution in [0.1, 0.15) is 49.9 Å². The lowest BCUT2D eigenvalue weighted by molar-refractivity contribution is -0.152. The van der Waals surface area contributed by atoms with E-state index in [0.29, 0.717) is 0 Å². The zero-order valence-electron chi connectivity index (χ0n) is 11.8. The molecule has 5 heteroatoms. The fourth-order valence-electron chi connectivity index (χ4n) is 2.82. The summed E-state index contributed by atoms with van der Waals surface area (Å²) in [5.41, 5.74) is 0.607. The Balaban J connectivity index is 2.02. The molecule has 1 unspecified atom stereocenters. The monoisotopic (exact) mass is 282 g/mol. The van der Waals surface area contributed by atoms with Crippen molar-refractivity contribution in [2.75, 3.05) is 13.1 Å². The van der Waals surface area contributed by atoms with Crippen LogP contribution in [0.15, 0.2) is 5.38 Å². The molecule has 106 valence electrons. The van der Waals surface area contributed by atoms with E-state index in [2.05, 4.69) is 22.2 Å². The highest BCUT2D eigenvalue weighted by atomic mass is 32.1. The molecular formula is C14H22N2O2S. The van der Waals surface area contributed by atoms with Gasteiger partial charge >= 0.3 is 5.97 Å². The second-order valence-corrected chi connectivity index (χ2v) is 6.50. The SMILES string of the molecule is CCC1(C(=O)O)CCN(C(C)c2csc(C)n2)CC1. The third-order valence-corrected chi connectivity index (χ3v) is 5.29. The molecule has 1 saturated heterocycles. The zero-order chi connectivity index (χ0) is 14.0. The first-order valence-electron chi connectivity index (χ1n) is 6.88. The fraction of sp³-hybridized carbons (Fsp3) is 0.714. The van der Waals surface area contributed by atoms with Crippen LogP contribution in [-0.2, 0) is 4.79 Å². The number of nitrogens with zero attached hydrogens (tertiary/aromatic N) is 2. The molecule has 0 spiro atoms. The lowest BCUT2D eigenvalue weighted by Crippen LogP contribution is -2.44. The van der Waals surface area contributed by atoms with Crippen molar-refractivity contribution in [3.63, 3.8) is 0 Å². The molecule has 1 N–H and O–H groups in total. The van der Waals surface area contributed by atoms with Gasteiger partial charge in [-0.3, -0.25) is 9.69 Å². The largest absolute Gasteiger partial charge is 0.481 e. The number of aliphatic carboxylic acids is 1. The molecule has 19 heavy (non-hydrogen) atoms. The minimum absolute atomic E-state index is 0.286. The van der Waals surface area contributed by atoms with Crippen LogP contribution in [0.4, 0.5) is 0 Å². The number of likely N-dealkylation sites (tertiary alicyclic amines) is 1. The van der Waals surface area contributed by atoms with Crippen LogP contribution in [0.5, 0.6) is 0 Å². The Morgan fingerprint density at radius 1 is 1.58 bits per heavy atom. The van der Waals surface area contributed by atoms with Gasteiger partial charge in [0.25, 0.3) is 0 Å². The van der Waals surface area contributed by atoms with Gasteiger partial charge in [0.2, 0.25) is 0 Å². The van der Waals surface area contributed by atoms with E-state index in [1.165, 1.54) is 0 Å². The van der Waals surface area contributed by atoms with Crippen molar-refractivity contribution in [3.8, 4) is 0 Å². The molecule has 2 heterocycles. The van der Waals surface area contributed by atoms with E-state index in [1.54, 1.807) is 11.3 Å². The summed E-state index contributed by atoms with van der Waals surface area (Å²) >= 11 is 1.67. The van der Waals surface area contributed by atoms with E-state index in [0.717, 1.165) is 43.1 Å². The number of hydrogen-bond acceptors (Lipinski definition) is 4. The van der Waals surface area contributed by atoms with Gasteiger partial charge in [0, 0.05) is 5.38 Å². The molecule has 1 aromatic rings. The predicted molar refractivity (Wildman–Crippen MR) is 76.4 cm³/mol. The van der Waals surface area contributed by atoms with Gasteiger partial charge in [0.1, 0.15) is 0 Å². The van der Waals surface area contributed by atoms with E-state index in [4.69, 9.17) is 0 Å². The summed E-state index contributed by atoms with van der Waals surface area (Å²) in [6.45, 7) is 7.85. The molecule has 0 aliphatic carbocycles. The molecule has 0 aromatic carbocycles. The Hall–Kier alpha value is -0.940. The van der Waals surface area contributed by atoms with Gasteiger partial charge in [-0.1, -0.05) is 6.92 Å². The Labute approximate surface area is 118 Å². The minimum atomic E-state index is -0.633. The summed E-state index contributed by atoms with van der Waals surface area (Å²) in [6, 6.07) is 0.286. The van der Waals surface area contributed by atoms with Crippen LogP contribution in [0, 0.1) is 12.3 Å². The van der Waals surface area contributed by atoms with Gasteiger partial charge in [0.05, 0.1) is 22.2 Å². The van der Waals surface area contributed by atoms with Crippen LogP contribution in [0.25, 0.3) is 0 Å². The zero-order valence-corrected chi connectivity index (χ0v) is 12.7. The smallest absolute Gasteiger partial charge is 0.309 e. The molecule has 1 aromatic heterocycles. The number of carbonyl (C=O) groups is 1. The normalized spacial score (nSPS) is 21.2. The number of hydrogen-bond donors (Lipinski definition) is 1. The molecule has 1 aliphatic heterocycles. The highest BCUT2D eigenvalue weighted by molar-refractivity contribution is 7.09. The van der Waals surface area contributed by atoms with Crippen molar-refractivity contribution in [1.29, 1.82) is 0 Å². The molecule has 0 amide bonds. The molecule has 1 aliphatic rings. The number of rotatable bonds is 4. The quantitative estimate of drug-likeness (QED) is 0.922. The van der Waals surface area contributed by atoms with Crippen LogP contribution < -0.4 is 0 Å². The highest BCUT2D eigenvalue weighted by Crippen LogP contribution is 2.37. The molecule has 1 fully saturated rings. The first kappa shape index (κ1) is 14.5. The van der Waals surface area contributed by atoms with Crippen molar-refractivity contribution in [2.24, 2.45) is 5.41 Å². The summed E-state index contributed by atoms with van der Waals surface area (Å²) in [5, 5.41) is 12.6. The predicted octanol–water partition coefficient (Wildman–Crippen LogP) is 3.09. The lowest BCUT2D eigenvalue weighted by Gasteiger charge is -2.40. The average Bonchev–Trinajstić information content (AvgIpc) is 2.84. The second-order valence-electron chi connectivity index (χ2n) is 5.44. The molecule has 4 nitrogen and oxygen atoms in total. The van der Waals surface area contributed by atoms with Crippen LogP contribution >= 0.6 is 11.3 Å². The molecule has 0 saturated carbocycles. The second kappa shape index (κ2) is 5.59. The van der Waals surface area contributed by atoms with Crippen molar-refractivity contribution >= 4 is 17.3 Å². The topological polar surface area (TPSA) is 53.4 Å². The van der Waals surface area contributed by atoms with Gasteiger partial charge in [-0.05, 0) is 46.2 Å².